The molecule has 116 valence electrons. The highest BCUT2D eigenvalue weighted by molar-refractivity contribution is 5.79. The normalized spacial score (nSPS) is 23.5. The highest BCUT2D eigenvalue weighted by Gasteiger charge is 2.42. The summed E-state index contributed by atoms with van der Waals surface area (Å²) >= 11 is 0. The van der Waals surface area contributed by atoms with Crippen molar-refractivity contribution in [3.05, 3.63) is 0 Å². The van der Waals surface area contributed by atoms with Gasteiger partial charge in [0.1, 0.15) is 0 Å². The standard InChI is InChI=1S/C15H28N2O3/c1-5-8-14(3,4)16-13(20)17-10-7-9-15(6-2,11-17)12(18)19/h5-11H2,1-4H3,(H,16,20)(H,18,19). The smallest absolute Gasteiger partial charge is 0.317 e. The number of carbonyl (C=O) groups excluding carboxylic acids is 1. The van der Waals surface area contributed by atoms with E-state index in [0.717, 1.165) is 19.3 Å². The molecule has 0 aromatic rings. The summed E-state index contributed by atoms with van der Waals surface area (Å²) in [4.78, 5) is 25.5. The predicted octanol–water partition coefficient (Wildman–Crippen LogP) is 2.85. The molecule has 1 fully saturated rings. The van der Waals surface area contributed by atoms with E-state index in [1.807, 2.05) is 20.8 Å². The quantitative estimate of drug-likeness (QED) is 0.815. The van der Waals surface area contributed by atoms with Crippen LogP contribution in [0.3, 0.4) is 0 Å². The molecule has 1 heterocycles. The maximum atomic E-state index is 12.3. The van der Waals surface area contributed by atoms with Crippen LogP contribution in [0.15, 0.2) is 0 Å². The number of carbonyl (C=O) groups is 2. The third-order valence-corrected chi connectivity index (χ3v) is 4.31. The molecule has 1 aliphatic rings. The fourth-order valence-electron chi connectivity index (χ4n) is 2.98. The van der Waals surface area contributed by atoms with E-state index in [1.54, 1.807) is 4.90 Å². The first-order valence-electron chi connectivity index (χ1n) is 7.57. The Morgan fingerprint density at radius 1 is 1.35 bits per heavy atom. The van der Waals surface area contributed by atoms with Crippen molar-refractivity contribution in [2.75, 3.05) is 13.1 Å². The van der Waals surface area contributed by atoms with Gasteiger partial charge in [-0.05, 0) is 39.5 Å². The third kappa shape index (κ3) is 3.87. The summed E-state index contributed by atoms with van der Waals surface area (Å²) in [6.45, 7) is 8.93. The maximum Gasteiger partial charge on any atom is 0.317 e. The second-order valence-electron chi connectivity index (χ2n) is 6.53. The molecule has 1 unspecified atom stereocenters. The van der Waals surface area contributed by atoms with Crippen molar-refractivity contribution in [2.24, 2.45) is 5.41 Å². The van der Waals surface area contributed by atoms with Crippen LogP contribution in [0, 0.1) is 5.41 Å². The van der Waals surface area contributed by atoms with Crippen molar-refractivity contribution in [2.45, 2.75) is 65.3 Å². The Balaban J connectivity index is 2.72. The largest absolute Gasteiger partial charge is 0.481 e. The second kappa shape index (κ2) is 6.46. The van der Waals surface area contributed by atoms with E-state index in [2.05, 4.69) is 12.2 Å². The molecule has 1 rings (SSSR count). The van der Waals surface area contributed by atoms with Gasteiger partial charge < -0.3 is 15.3 Å². The van der Waals surface area contributed by atoms with E-state index < -0.39 is 11.4 Å². The number of nitrogens with one attached hydrogen (secondary N) is 1. The van der Waals surface area contributed by atoms with E-state index in [1.165, 1.54) is 0 Å². The monoisotopic (exact) mass is 284 g/mol. The first-order chi connectivity index (χ1) is 9.26. The van der Waals surface area contributed by atoms with Crippen molar-refractivity contribution in [1.29, 1.82) is 0 Å². The van der Waals surface area contributed by atoms with Crippen LogP contribution in [0.1, 0.15) is 59.8 Å². The summed E-state index contributed by atoms with van der Waals surface area (Å²) in [5, 5.41) is 12.5. The molecule has 0 saturated carbocycles. The summed E-state index contributed by atoms with van der Waals surface area (Å²) < 4.78 is 0. The first kappa shape index (κ1) is 16.8. The van der Waals surface area contributed by atoms with Gasteiger partial charge in [0.15, 0.2) is 0 Å². The molecule has 0 aromatic heterocycles. The van der Waals surface area contributed by atoms with Crippen LogP contribution in [0.5, 0.6) is 0 Å². The molecule has 2 amide bonds. The van der Waals surface area contributed by atoms with Crippen molar-refractivity contribution < 1.29 is 14.7 Å². The van der Waals surface area contributed by atoms with Crippen LogP contribution in [-0.2, 0) is 4.79 Å². The number of likely N-dealkylation sites (tertiary alicyclic amines) is 1. The molecule has 20 heavy (non-hydrogen) atoms. The number of nitrogens with zero attached hydrogens (tertiary/aromatic N) is 1. The molecule has 1 aliphatic heterocycles. The fourth-order valence-corrected chi connectivity index (χ4v) is 2.98. The van der Waals surface area contributed by atoms with Gasteiger partial charge in [-0.15, -0.1) is 0 Å². The molecule has 0 aliphatic carbocycles. The molecule has 1 atom stereocenters. The molecule has 0 radical (unpaired) electrons. The number of carboxylic acid groups (broad SMARTS) is 1. The van der Waals surface area contributed by atoms with Gasteiger partial charge in [0.2, 0.25) is 0 Å². The average molecular weight is 284 g/mol. The highest BCUT2D eigenvalue weighted by atomic mass is 16.4. The number of urea groups is 1. The molecule has 0 aromatic carbocycles. The lowest BCUT2D eigenvalue weighted by Gasteiger charge is -2.40. The predicted molar refractivity (Wildman–Crippen MR) is 78.7 cm³/mol. The van der Waals surface area contributed by atoms with Gasteiger partial charge in [-0.1, -0.05) is 20.3 Å². The van der Waals surface area contributed by atoms with Crippen LogP contribution in [-0.4, -0.2) is 40.6 Å². The van der Waals surface area contributed by atoms with Crippen LogP contribution in [0.2, 0.25) is 0 Å². The zero-order valence-electron chi connectivity index (χ0n) is 13.2. The number of hydrogen-bond acceptors (Lipinski definition) is 2. The molecular weight excluding hydrogens is 256 g/mol. The summed E-state index contributed by atoms with van der Waals surface area (Å²) in [5.74, 6) is -0.787. The number of hydrogen-bond donors (Lipinski definition) is 2. The number of aliphatic carboxylic acids is 1. The summed E-state index contributed by atoms with van der Waals surface area (Å²) in [6, 6.07) is -0.137. The Morgan fingerprint density at radius 3 is 2.50 bits per heavy atom. The Labute approximate surface area is 121 Å². The van der Waals surface area contributed by atoms with E-state index in [0.29, 0.717) is 25.9 Å². The van der Waals surface area contributed by atoms with Gasteiger partial charge in [-0.2, -0.15) is 0 Å². The van der Waals surface area contributed by atoms with Crippen LogP contribution in [0.25, 0.3) is 0 Å². The molecule has 1 saturated heterocycles. The zero-order chi connectivity index (χ0) is 15.4. The Kier molecular flexibility index (Phi) is 5.42. The van der Waals surface area contributed by atoms with Crippen molar-refractivity contribution in [1.82, 2.24) is 10.2 Å². The fraction of sp³-hybridized carbons (Fsp3) is 0.867. The Morgan fingerprint density at radius 2 is 2.00 bits per heavy atom. The zero-order valence-corrected chi connectivity index (χ0v) is 13.2. The summed E-state index contributed by atoms with van der Waals surface area (Å²) in [7, 11) is 0. The Bertz CT molecular complexity index is 368. The topological polar surface area (TPSA) is 69.6 Å². The SMILES string of the molecule is CCCC(C)(C)NC(=O)N1CCCC(CC)(C(=O)O)C1. The van der Waals surface area contributed by atoms with Gasteiger partial charge in [-0.25, -0.2) is 4.79 Å². The highest BCUT2D eigenvalue weighted by Crippen LogP contribution is 2.33. The number of amides is 2. The van der Waals surface area contributed by atoms with Gasteiger partial charge in [0.25, 0.3) is 0 Å². The molecule has 5 nitrogen and oxygen atoms in total. The van der Waals surface area contributed by atoms with Crippen LogP contribution < -0.4 is 5.32 Å². The molecule has 5 heteroatoms. The van der Waals surface area contributed by atoms with Crippen molar-refractivity contribution in [3.63, 3.8) is 0 Å². The lowest BCUT2D eigenvalue weighted by molar-refractivity contribution is -0.152. The van der Waals surface area contributed by atoms with Crippen LogP contribution >= 0.6 is 0 Å². The Hall–Kier alpha value is -1.26. The minimum atomic E-state index is -0.787. The third-order valence-electron chi connectivity index (χ3n) is 4.31. The number of piperidine rings is 1. The van der Waals surface area contributed by atoms with Crippen molar-refractivity contribution in [3.8, 4) is 0 Å². The molecule has 0 bridgehead atoms. The molecule has 0 spiro atoms. The average Bonchev–Trinajstić information content (AvgIpc) is 2.37. The van der Waals surface area contributed by atoms with E-state index in [4.69, 9.17) is 0 Å². The van der Waals surface area contributed by atoms with Crippen LogP contribution in [0.4, 0.5) is 4.79 Å². The van der Waals surface area contributed by atoms with Gasteiger partial charge in [-0.3, -0.25) is 4.79 Å². The van der Waals surface area contributed by atoms with Gasteiger partial charge in [0, 0.05) is 18.6 Å². The molecular formula is C15H28N2O3. The lowest BCUT2D eigenvalue weighted by atomic mass is 9.78. The van der Waals surface area contributed by atoms with Crippen molar-refractivity contribution >= 4 is 12.0 Å². The summed E-state index contributed by atoms with van der Waals surface area (Å²) in [5.41, 5.74) is -1.02. The van der Waals surface area contributed by atoms with Gasteiger partial charge >= 0.3 is 12.0 Å². The minimum Gasteiger partial charge on any atom is -0.481 e. The minimum absolute atomic E-state index is 0.137. The number of rotatable bonds is 5. The first-order valence-corrected chi connectivity index (χ1v) is 7.57. The van der Waals surface area contributed by atoms with E-state index in [-0.39, 0.29) is 11.6 Å². The molecule has 2 N–H and O–H groups in total. The maximum absolute atomic E-state index is 12.3. The number of carboxylic acids is 1. The second-order valence-corrected chi connectivity index (χ2v) is 6.53. The van der Waals surface area contributed by atoms with E-state index >= 15 is 0 Å². The van der Waals surface area contributed by atoms with E-state index in [9.17, 15) is 14.7 Å². The lowest BCUT2D eigenvalue weighted by Crippen LogP contribution is -2.56. The van der Waals surface area contributed by atoms with Gasteiger partial charge in [0.05, 0.1) is 5.41 Å². The summed E-state index contributed by atoms with van der Waals surface area (Å²) in [6.07, 6.45) is 3.87.